The van der Waals surface area contributed by atoms with Crippen LogP contribution in [0.4, 0.5) is 0 Å². The summed E-state index contributed by atoms with van der Waals surface area (Å²) in [7, 11) is 0. The summed E-state index contributed by atoms with van der Waals surface area (Å²) in [6.07, 6.45) is 4.37. The van der Waals surface area contributed by atoms with Crippen molar-refractivity contribution in [1.29, 1.82) is 0 Å². The molecule has 0 atom stereocenters. The maximum absolute atomic E-state index is 11.1. The number of nitrogens with zero attached hydrogens (tertiary/aromatic N) is 3. The van der Waals surface area contributed by atoms with Crippen molar-refractivity contribution < 1.29 is 9.90 Å². The van der Waals surface area contributed by atoms with Crippen LogP contribution in [-0.2, 0) is 6.54 Å². The van der Waals surface area contributed by atoms with E-state index in [9.17, 15) is 4.79 Å². The van der Waals surface area contributed by atoms with Crippen molar-refractivity contribution in [3.05, 3.63) is 23.5 Å². The average molecular weight is 235 g/mol. The number of aromatic carboxylic acids is 1. The van der Waals surface area contributed by atoms with Gasteiger partial charge < -0.3 is 5.11 Å². The molecule has 0 aliphatic heterocycles. The third kappa shape index (κ3) is 2.38. The van der Waals surface area contributed by atoms with E-state index in [1.54, 1.807) is 4.68 Å². The number of carboxylic acid groups (broad SMARTS) is 1. The van der Waals surface area contributed by atoms with Gasteiger partial charge in [-0.25, -0.2) is 9.48 Å². The Morgan fingerprint density at radius 2 is 2.18 bits per heavy atom. The van der Waals surface area contributed by atoms with E-state index in [-0.39, 0.29) is 11.6 Å². The second kappa shape index (κ2) is 4.69. The summed E-state index contributed by atoms with van der Waals surface area (Å²) in [4.78, 5) is 11.1. The van der Waals surface area contributed by atoms with Crippen LogP contribution in [0.3, 0.4) is 0 Å². The first-order chi connectivity index (χ1) is 8.09. The number of allylic oxidation sites excluding steroid dienone is 1. The Kier molecular flexibility index (Phi) is 3.26. The minimum Gasteiger partial charge on any atom is -0.476 e. The van der Waals surface area contributed by atoms with Gasteiger partial charge in [0.1, 0.15) is 0 Å². The van der Waals surface area contributed by atoms with Crippen LogP contribution in [-0.4, -0.2) is 26.1 Å². The number of aromatic nitrogens is 3. The fraction of sp³-hybridized carbons (Fsp3) is 0.583. The maximum atomic E-state index is 11.1. The molecule has 0 bridgehead atoms. The first-order valence-electron chi connectivity index (χ1n) is 5.90. The highest BCUT2D eigenvalue weighted by Gasteiger charge is 2.28. The van der Waals surface area contributed by atoms with Gasteiger partial charge in [0.15, 0.2) is 5.69 Å². The lowest BCUT2D eigenvalue weighted by atomic mass is 10.0. The van der Waals surface area contributed by atoms with Crippen molar-refractivity contribution >= 4 is 5.97 Å². The molecule has 1 N–H and O–H groups in total. The molecule has 0 aromatic carbocycles. The molecule has 5 nitrogen and oxygen atoms in total. The Morgan fingerprint density at radius 1 is 1.53 bits per heavy atom. The number of hydrogen-bond donors (Lipinski definition) is 1. The molecule has 1 aromatic rings. The molecule has 0 unspecified atom stereocenters. The molecule has 5 heteroatoms. The Bertz CT molecular complexity index is 445. The lowest BCUT2D eigenvalue weighted by Crippen LogP contribution is -2.12. The molecule has 1 aliphatic carbocycles. The van der Waals surface area contributed by atoms with E-state index >= 15 is 0 Å². The van der Waals surface area contributed by atoms with Crippen LogP contribution in [0.5, 0.6) is 0 Å². The van der Waals surface area contributed by atoms with Crippen LogP contribution in [0, 0.1) is 0 Å². The summed E-state index contributed by atoms with van der Waals surface area (Å²) in [5, 5.41) is 16.9. The van der Waals surface area contributed by atoms with E-state index in [0.29, 0.717) is 6.54 Å². The highest BCUT2D eigenvalue weighted by atomic mass is 16.4. The van der Waals surface area contributed by atoms with Crippen molar-refractivity contribution in [2.24, 2.45) is 0 Å². The van der Waals surface area contributed by atoms with E-state index in [2.05, 4.69) is 16.9 Å². The summed E-state index contributed by atoms with van der Waals surface area (Å²) in [5.41, 5.74) is 1.84. The predicted molar refractivity (Wildman–Crippen MR) is 63.0 cm³/mol. The molecule has 1 aliphatic rings. The van der Waals surface area contributed by atoms with Crippen molar-refractivity contribution in [2.45, 2.75) is 45.1 Å². The van der Waals surface area contributed by atoms with Gasteiger partial charge in [0.25, 0.3) is 0 Å². The first kappa shape index (κ1) is 11.8. The number of carbonyl (C=O) groups is 1. The minimum absolute atomic E-state index is 0.109. The largest absolute Gasteiger partial charge is 0.476 e. The van der Waals surface area contributed by atoms with Crippen molar-refractivity contribution in [3.8, 4) is 0 Å². The molecule has 1 aromatic heterocycles. The molecule has 0 spiro atoms. The lowest BCUT2D eigenvalue weighted by molar-refractivity contribution is 0.0688. The van der Waals surface area contributed by atoms with Gasteiger partial charge in [0.2, 0.25) is 0 Å². The van der Waals surface area contributed by atoms with Crippen LogP contribution in [0.1, 0.15) is 54.7 Å². The molecule has 0 radical (unpaired) electrons. The quantitative estimate of drug-likeness (QED) is 0.812. The number of rotatable bonds is 4. The number of hydrogen-bond acceptors (Lipinski definition) is 3. The summed E-state index contributed by atoms with van der Waals surface area (Å²) in [5.74, 6) is -0.699. The van der Waals surface area contributed by atoms with Crippen molar-refractivity contribution in [2.75, 3.05) is 0 Å². The first-order valence-corrected chi connectivity index (χ1v) is 5.90. The molecule has 0 amide bonds. The minimum atomic E-state index is -0.986. The van der Waals surface area contributed by atoms with Crippen molar-refractivity contribution in [3.63, 3.8) is 0 Å². The zero-order chi connectivity index (χ0) is 12.4. The fourth-order valence-electron chi connectivity index (χ4n) is 2.45. The van der Waals surface area contributed by atoms with Crippen LogP contribution < -0.4 is 0 Å². The molecule has 0 saturated heterocycles. The normalized spacial score (nSPS) is 16.3. The Labute approximate surface area is 100 Å². The summed E-state index contributed by atoms with van der Waals surface area (Å²) >= 11 is 0. The van der Waals surface area contributed by atoms with E-state index in [1.165, 1.54) is 0 Å². The monoisotopic (exact) mass is 235 g/mol. The molecule has 17 heavy (non-hydrogen) atoms. The van der Waals surface area contributed by atoms with E-state index in [0.717, 1.165) is 37.0 Å². The van der Waals surface area contributed by atoms with Gasteiger partial charge in [-0.15, -0.1) is 5.10 Å². The van der Waals surface area contributed by atoms with Crippen LogP contribution in [0.2, 0.25) is 0 Å². The van der Waals surface area contributed by atoms with Gasteiger partial charge in [-0.05, 0) is 19.8 Å². The summed E-state index contributed by atoms with van der Waals surface area (Å²) < 4.78 is 1.70. The molecular formula is C12H17N3O2. The SMILES string of the molecule is C=C(C)Cn1nnc(C(=O)O)c1C1CCCC1. The van der Waals surface area contributed by atoms with Crippen LogP contribution in [0.15, 0.2) is 12.2 Å². The topological polar surface area (TPSA) is 68.0 Å². The second-order valence-corrected chi connectivity index (χ2v) is 4.72. The van der Waals surface area contributed by atoms with Crippen molar-refractivity contribution in [1.82, 2.24) is 15.0 Å². The molecule has 1 saturated carbocycles. The molecular weight excluding hydrogens is 218 g/mol. The average Bonchev–Trinajstić information content (AvgIpc) is 2.83. The lowest BCUT2D eigenvalue weighted by Gasteiger charge is -2.12. The van der Waals surface area contributed by atoms with Crippen LogP contribution in [0.25, 0.3) is 0 Å². The third-order valence-corrected chi connectivity index (χ3v) is 3.14. The van der Waals surface area contributed by atoms with Gasteiger partial charge in [0, 0.05) is 5.92 Å². The van der Waals surface area contributed by atoms with Gasteiger partial charge >= 0.3 is 5.97 Å². The van der Waals surface area contributed by atoms with Gasteiger partial charge in [-0.1, -0.05) is 30.2 Å². The summed E-state index contributed by atoms with van der Waals surface area (Å²) in [6.45, 7) is 6.29. The molecule has 92 valence electrons. The Morgan fingerprint density at radius 3 is 2.71 bits per heavy atom. The Balaban J connectivity index is 2.38. The van der Waals surface area contributed by atoms with E-state index in [1.807, 2.05) is 6.92 Å². The number of carboxylic acids is 1. The highest BCUT2D eigenvalue weighted by molar-refractivity contribution is 5.86. The third-order valence-electron chi connectivity index (χ3n) is 3.14. The second-order valence-electron chi connectivity index (χ2n) is 4.72. The van der Waals surface area contributed by atoms with Crippen LogP contribution >= 0.6 is 0 Å². The molecule has 2 rings (SSSR count). The Hall–Kier alpha value is -1.65. The zero-order valence-electron chi connectivity index (χ0n) is 10.0. The predicted octanol–water partition coefficient (Wildman–Crippen LogP) is 2.21. The summed E-state index contributed by atoms with van der Waals surface area (Å²) in [6, 6.07) is 0. The van der Waals surface area contributed by atoms with Gasteiger partial charge in [-0.3, -0.25) is 0 Å². The van der Waals surface area contributed by atoms with Gasteiger partial charge in [0.05, 0.1) is 12.2 Å². The van der Waals surface area contributed by atoms with Gasteiger partial charge in [-0.2, -0.15) is 0 Å². The fourth-order valence-corrected chi connectivity index (χ4v) is 2.45. The molecule has 1 fully saturated rings. The zero-order valence-corrected chi connectivity index (χ0v) is 10.0. The highest BCUT2D eigenvalue weighted by Crippen LogP contribution is 2.35. The molecule has 1 heterocycles. The maximum Gasteiger partial charge on any atom is 0.358 e. The standard InChI is InChI=1S/C12H17N3O2/c1-8(2)7-15-11(9-5-3-4-6-9)10(12(16)17)13-14-15/h9H,1,3-7H2,2H3,(H,16,17). The van der Waals surface area contributed by atoms with E-state index in [4.69, 9.17) is 5.11 Å². The van der Waals surface area contributed by atoms with E-state index < -0.39 is 5.97 Å². The smallest absolute Gasteiger partial charge is 0.358 e.